The van der Waals surface area contributed by atoms with Crippen LogP contribution in [-0.2, 0) is 4.79 Å². The fourth-order valence-electron chi connectivity index (χ4n) is 4.37. The maximum absolute atomic E-state index is 12.8. The summed E-state index contributed by atoms with van der Waals surface area (Å²) in [6, 6.07) is 0. The van der Waals surface area contributed by atoms with Gasteiger partial charge in [-0.25, -0.2) is 4.58 Å². The number of hydrogen-bond acceptors (Lipinski definition) is 2. The molecule has 0 bridgehead atoms. The zero-order chi connectivity index (χ0) is 15.7. The second-order valence-corrected chi connectivity index (χ2v) is 7.18. The van der Waals surface area contributed by atoms with Crippen molar-refractivity contribution in [3.63, 3.8) is 0 Å². The molecule has 0 aromatic heterocycles. The zero-order valence-corrected chi connectivity index (χ0v) is 13.4. The lowest BCUT2D eigenvalue weighted by Crippen LogP contribution is -2.49. The summed E-state index contributed by atoms with van der Waals surface area (Å²) >= 11 is 0. The third kappa shape index (κ3) is 1.55. The minimum absolute atomic E-state index is 0.0964. The molecule has 1 saturated carbocycles. The van der Waals surface area contributed by atoms with Crippen molar-refractivity contribution in [3.8, 4) is 0 Å². The van der Waals surface area contributed by atoms with Crippen LogP contribution in [0.3, 0.4) is 0 Å². The van der Waals surface area contributed by atoms with Gasteiger partial charge in [0, 0.05) is 23.0 Å². The molecule has 3 nitrogen and oxygen atoms in total. The molecule has 3 heteroatoms. The van der Waals surface area contributed by atoms with E-state index in [1.165, 1.54) is 11.1 Å². The van der Waals surface area contributed by atoms with Gasteiger partial charge in [0.1, 0.15) is 11.8 Å². The van der Waals surface area contributed by atoms with Crippen molar-refractivity contribution in [2.45, 2.75) is 45.6 Å². The highest BCUT2D eigenvalue weighted by molar-refractivity contribution is 6.10. The highest BCUT2D eigenvalue weighted by atomic mass is 16.3. The number of hydrogen-bond donors (Lipinski definition) is 1. The van der Waals surface area contributed by atoms with Crippen molar-refractivity contribution in [1.82, 2.24) is 0 Å². The van der Waals surface area contributed by atoms with E-state index in [1.54, 1.807) is 6.92 Å². The summed E-state index contributed by atoms with van der Waals surface area (Å²) in [4.78, 5) is 12.8. The largest absolute Gasteiger partial charge is 0.381 e. The molecule has 4 rings (SSSR count). The van der Waals surface area contributed by atoms with Crippen LogP contribution in [-0.4, -0.2) is 33.8 Å². The van der Waals surface area contributed by atoms with Crippen LogP contribution in [0, 0.1) is 5.41 Å². The number of aliphatic hydroxyl groups is 1. The number of carbonyl (C=O) groups excluding carboxylic acids is 1. The Bertz CT molecular complexity index is 752. The van der Waals surface area contributed by atoms with Crippen molar-refractivity contribution >= 4 is 12.0 Å². The van der Waals surface area contributed by atoms with Crippen LogP contribution in [0.15, 0.2) is 46.2 Å². The van der Waals surface area contributed by atoms with E-state index in [0.29, 0.717) is 0 Å². The molecule has 1 N–H and O–H groups in total. The van der Waals surface area contributed by atoms with E-state index < -0.39 is 5.60 Å². The van der Waals surface area contributed by atoms with Gasteiger partial charge in [-0.15, -0.1) is 0 Å². The van der Waals surface area contributed by atoms with Crippen LogP contribution in [0.4, 0.5) is 0 Å². The molecule has 1 atom stereocenters. The molecular formula is C19H22NO2+. The summed E-state index contributed by atoms with van der Waals surface area (Å²) in [5.41, 5.74) is 3.86. The van der Waals surface area contributed by atoms with Gasteiger partial charge in [-0.05, 0) is 56.9 Å². The first-order valence-electron chi connectivity index (χ1n) is 8.05. The van der Waals surface area contributed by atoms with Crippen LogP contribution in [0.2, 0.25) is 0 Å². The van der Waals surface area contributed by atoms with Gasteiger partial charge < -0.3 is 5.11 Å². The van der Waals surface area contributed by atoms with Gasteiger partial charge in [-0.1, -0.05) is 5.57 Å². The lowest BCUT2D eigenvalue weighted by molar-refractivity contribution is -0.439. The molecule has 0 aromatic carbocycles. The fourth-order valence-corrected chi connectivity index (χ4v) is 4.37. The van der Waals surface area contributed by atoms with E-state index in [-0.39, 0.29) is 11.2 Å². The van der Waals surface area contributed by atoms with Crippen LogP contribution in [0.1, 0.15) is 40.0 Å². The SMILES string of the molecule is CC1=C(C[N+]2=CCC=C2)C2=C(C)C3(CC3)C(C)(O)C(=O)C2=C1. The number of fused-ring (bicyclic) bond motifs is 1. The van der Waals surface area contributed by atoms with Gasteiger partial charge in [0.05, 0.1) is 0 Å². The van der Waals surface area contributed by atoms with Crippen LogP contribution < -0.4 is 0 Å². The number of ketones is 1. The Morgan fingerprint density at radius 2 is 2.05 bits per heavy atom. The zero-order valence-electron chi connectivity index (χ0n) is 13.4. The average Bonchev–Trinajstić information content (AvgIpc) is 3.03. The third-order valence-corrected chi connectivity index (χ3v) is 5.98. The molecule has 3 aliphatic carbocycles. The Labute approximate surface area is 131 Å². The number of carbonyl (C=O) groups is 1. The molecule has 0 saturated heterocycles. The molecule has 0 amide bonds. The summed E-state index contributed by atoms with van der Waals surface area (Å²) in [6.45, 7) is 6.69. The first-order chi connectivity index (χ1) is 10.4. The summed E-state index contributed by atoms with van der Waals surface area (Å²) in [5, 5.41) is 10.8. The number of nitrogens with zero attached hydrogens (tertiary/aromatic N) is 1. The van der Waals surface area contributed by atoms with Crippen LogP contribution in [0.25, 0.3) is 0 Å². The predicted octanol–water partition coefficient (Wildman–Crippen LogP) is 2.67. The van der Waals surface area contributed by atoms with Gasteiger partial charge in [0.15, 0.2) is 18.5 Å². The van der Waals surface area contributed by atoms with Gasteiger partial charge >= 0.3 is 0 Å². The average molecular weight is 296 g/mol. The van der Waals surface area contributed by atoms with Crippen LogP contribution in [0.5, 0.6) is 0 Å². The van der Waals surface area contributed by atoms with Crippen molar-refractivity contribution in [3.05, 3.63) is 46.2 Å². The Kier molecular flexibility index (Phi) is 2.63. The summed E-state index contributed by atoms with van der Waals surface area (Å²) < 4.78 is 2.19. The van der Waals surface area contributed by atoms with Gasteiger partial charge in [0.25, 0.3) is 0 Å². The topological polar surface area (TPSA) is 40.3 Å². The lowest BCUT2D eigenvalue weighted by Gasteiger charge is -2.39. The highest BCUT2D eigenvalue weighted by Gasteiger charge is 2.65. The number of Topliss-reactive ketones (excluding diaryl/α,β-unsaturated/α-hetero) is 1. The van der Waals surface area contributed by atoms with Gasteiger partial charge in [-0.2, -0.15) is 0 Å². The van der Waals surface area contributed by atoms with Crippen molar-refractivity contribution < 1.29 is 14.5 Å². The molecule has 0 radical (unpaired) electrons. The highest BCUT2D eigenvalue weighted by Crippen LogP contribution is 2.64. The monoisotopic (exact) mass is 296 g/mol. The van der Waals surface area contributed by atoms with Crippen molar-refractivity contribution in [2.75, 3.05) is 6.54 Å². The Morgan fingerprint density at radius 1 is 1.32 bits per heavy atom. The van der Waals surface area contributed by atoms with Gasteiger partial charge in [0.2, 0.25) is 0 Å². The minimum Gasteiger partial charge on any atom is -0.381 e. The second kappa shape index (κ2) is 4.17. The Balaban J connectivity index is 1.84. The summed E-state index contributed by atoms with van der Waals surface area (Å²) in [5.74, 6) is -0.0964. The molecule has 22 heavy (non-hydrogen) atoms. The first kappa shape index (κ1) is 13.9. The molecule has 1 fully saturated rings. The van der Waals surface area contributed by atoms with E-state index in [9.17, 15) is 9.90 Å². The molecule has 4 aliphatic rings. The van der Waals surface area contributed by atoms with E-state index in [0.717, 1.165) is 42.5 Å². The van der Waals surface area contributed by atoms with E-state index in [4.69, 9.17) is 0 Å². The summed E-state index contributed by atoms with van der Waals surface area (Å²) in [6.07, 6.45) is 11.2. The van der Waals surface area contributed by atoms with Gasteiger partial charge in [-0.3, -0.25) is 4.79 Å². The molecular weight excluding hydrogens is 274 g/mol. The molecule has 0 aromatic rings. The Morgan fingerprint density at radius 3 is 2.64 bits per heavy atom. The predicted molar refractivity (Wildman–Crippen MR) is 85.7 cm³/mol. The Hall–Kier alpha value is -1.74. The number of rotatable bonds is 2. The van der Waals surface area contributed by atoms with E-state index >= 15 is 0 Å². The number of allylic oxidation sites excluding steroid dienone is 3. The fraction of sp³-hybridized carbons (Fsp3) is 0.474. The quantitative estimate of drug-likeness (QED) is 0.796. The maximum Gasteiger partial charge on any atom is 0.195 e. The normalized spacial score (nSPS) is 31.9. The second-order valence-electron chi connectivity index (χ2n) is 7.18. The third-order valence-electron chi connectivity index (χ3n) is 5.98. The standard InChI is InChI=1S/C19H22NO2/c1-12-10-14-16(15(12)11-20-8-4-5-9-20)13(2)19(6-7-19)18(3,22)17(14)21/h4,8-10,22H,5-7,11H2,1-3H3/q+1. The van der Waals surface area contributed by atoms with E-state index in [2.05, 4.69) is 36.9 Å². The molecule has 1 unspecified atom stereocenters. The van der Waals surface area contributed by atoms with Crippen molar-refractivity contribution in [1.29, 1.82) is 0 Å². The molecule has 114 valence electrons. The van der Waals surface area contributed by atoms with E-state index in [1.807, 2.05) is 6.08 Å². The van der Waals surface area contributed by atoms with Crippen molar-refractivity contribution in [2.24, 2.45) is 5.41 Å². The minimum atomic E-state index is -1.25. The smallest absolute Gasteiger partial charge is 0.195 e. The summed E-state index contributed by atoms with van der Waals surface area (Å²) in [7, 11) is 0. The molecule has 1 heterocycles. The molecule has 1 spiro atoms. The lowest BCUT2D eigenvalue weighted by atomic mass is 9.67. The first-order valence-corrected chi connectivity index (χ1v) is 8.05. The maximum atomic E-state index is 12.8. The van der Waals surface area contributed by atoms with Crippen LogP contribution >= 0.6 is 0 Å². The molecule has 1 aliphatic heterocycles.